The van der Waals surface area contributed by atoms with Crippen LogP contribution in [0.1, 0.15) is 83.5 Å². The number of carbonyl (C=O) groups is 2. The maximum Gasteiger partial charge on any atom is 0.254 e. The number of carbonyl (C=O) groups excluding carboxylic acids is 2. The van der Waals surface area contributed by atoms with Crippen LogP contribution in [-0.2, 0) is 0 Å². The van der Waals surface area contributed by atoms with Gasteiger partial charge in [0.05, 0.1) is 12.1 Å². The number of nitrogens with zero attached hydrogens (tertiary/aromatic N) is 2. The Morgan fingerprint density at radius 3 is 1.50 bits per heavy atom. The summed E-state index contributed by atoms with van der Waals surface area (Å²) in [5.74, 6) is -0.0383. The average Bonchev–Trinajstić information content (AvgIpc) is 3.18. The lowest BCUT2D eigenvalue weighted by atomic mass is 9.92. The summed E-state index contributed by atoms with van der Waals surface area (Å²) in [5, 5.41) is 1.13. The van der Waals surface area contributed by atoms with Crippen molar-refractivity contribution in [3.05, 3.63) is 68.7 Å². The zero-order chi connectivity index (χ0) is 21.4. The molecule has 2 unspecified atom stereocenters. The second-order valence-electron chi connectivity index (χ2n) is 8.00. The Balaban J connectivity index is 1.90. The summed E-state index contributed by atoms with van der Waals surface area (Å²) in [7, 11) is 0. The minimum Gasteiger partial charge on any atom is -0.329 e. The molecule has 0 aromatic heterocycles. The van der Waals surface area contributed by atoms with Crippen molar-refractivity contribution in [2.75, 3.05) is 13.1 Å². The number of rotatable bonds is 7. The minimum absolute atomic E-state index is 0.0191. The number of amides is 2. The second-order valence-corrected chi connectivity index (χ2v) is 8.81. The molecule has 2 aliphatic rings. The number of fused-ring (bicyclic) bond motifs is 2. The molecule has 0 spiro atoms. The first-order valence-electron chi connectivity index (χ1n) is 10.7. The summed E-state index contributed by atoms with van der Waals surface area (Å²) in [4.78, 5) is 30.5. The molecule has 0 saturated heterocycles. The van der Waals surface area contributed by atoms with E-state index in [9.17, 15) is 9.59 Å². The maximum absolute atomic E-state index is 13.4. The van der Waals surface area contributed by atoms with Crippen LogP contribution in [0.4, 0.5) is 0 Å². The van der Waals surface area contributed by atoms with Crippen LogP contribution in [-0.4, -0.2) is 34.7 Å². The normalized spacial score (nSPS) is 20.1. The van der Waals surface area contributed by atoms with Crippen molar-refractivity contribution >= 4 is 35.0 Å². The zero-order valence-electron chi connectivity index (χ0n) is 17.3. The molecule has 0 N–H and O–H groups in total. The highest BCUT2D eigenvalue weighted by Gasteiger charge is 2.50. The van der Waals surface area contributed by atoms with E-state index in [1.807, 2.05) is 46.2 Å². The minimum atomic E-state index is -0.338. The second kappa shape index (κ2) is 8.60. The molecule has 0 aliphatic carbocycles. The summed E-state index contributed by atoms with van der Waals surface area (Å²) < 4.78 is 0. The molecule has 2 aromatic carbocycles. The summed E-state index contributed by atoms with van der Waals surface area (Å²) >= 11 is 13.3. The van der Waals surface area contributed by atoms with Crippen molar-refractivity contribution in [1.82, 2.24) is 9.80 Å². The molecule has 0 radical (unpaired) electrons. The molecule has 30 heavy (non-hydrogen) atoms. The fourth-order valence-corrected chi connectivity index (χ4v) is 5.29. The summed E-state index contributed by atoms with van der Waals surface area (Å²) in [6, 6.07) is 10.3. The van der Waals surface area contributed by atoms with Crippen molar-refractivity contribution in [1.29, 1.82) is 0 Å². The molecule has 2 amide bonds. The van der Waals surface area contributed by atoms with Crippen LogP contribution in [0.5, 0.6) is 0 Å². The van der Waals surface area contributed by atoms with Gasteiger partial charge in [-0.1, -0.05) is 62.0 Å². The van der Waals surface area contributed by atoms with Crippen molar-refractivity contribution in [3.63, 3.8) is 0 Å². The number of benzene rings is 2. The van der Waals surface area contributed by atoms with E-state index >= 15 is 0 Å². The molecule has 2 aliphatic heterocycles. The molecular formula is C24H26Cl2N2O2. The highest BCUT2D eigenvalue weighted by molar-refractivity contribution is 6.33. The van der Waals surface area contributed by atoms with E-state index in [1.54, 1.807) is 0 Å². The van der Waals surface area contributed by atoms with Gasteiger partial charge in [-0.3, -0.25) is 9.59 Å². The lowest BCUT2D eigenvalue weighted by molar-refractivity contribution is 0.0492. The molecule has 6 heteroatoms. The quantitative estimate of drug-likeness (QED) is 0.503. The van der Waals surface area contributed by atoms with Gasteiger partial charge in [0.1, 0.15) is 0 Å². The predicted octanol–water partition coefficient (Wildman–Crippen LogP) is 6.29. The molecule has 0 fully saturated rings. The molecular weight excluding hydrogens is 419 g/mol. The van der Waals surface area contributed by atoms with Gasteiger partial charge < -0.3 is 9.80 Å². The monoisotopic (exact) mass is 444 g/mol. The van der Waals surface area contributed by atoms with E-state index in [2.05, 4.69) is 13.8 Å². The fourth-order valence-electron chi connectivity index (χ4n) is 4.72. The smallest absolute Gasteiger partial charge is 0.254 e. The van der Waals surface area contributed by atoms with Crippen molar-refractivity contribution < 1.29 is 9.59 Å². The van der Waals surface area contributed by atoms with Gasteiger partial charge in [0.25, 0.3) is 11.8 Å². The molecule has 2 atom stereocenters. The Morgan fingerprint density at radius 1 is 0.733 bits per heavy atom. The Bertz CT molecular complexity index is 912. The van der Waals surface area contributed by atoms with Crippen LogP contribution in [0, 0.1) is 0 Å². The van der Waals surface area contributed by atoms with E-state index in [0.717, 1.165) is 36.8 Å². The van der Waals surface area contributed by atoms with Crippen molar-refractivity contribution in [2.24, 2.45) is 0 Å². The number of hydrogen-bond acceptors (Lipinski definition) is 2. The average molecular weight is 445 g/mol. The summed E-state index contributed by atoms with van der Waals surface area (Å²) in [6.07, 6.45) is 3.72. The number of unbranched alkanes of at least 4 members (excludes halogenated alkanes) is 2. The van der Waals surface area contributed by atoms with Crippen LogP contribution in [0.25, 0.3) is 0 Å². The first kappa shape index (κ1) is 21.2. The summed E-state index contributed by atoms with van der Waals surface area (Å²) in [6.45, 7) is 5.46. The Morgan fingerprint density at radius 2 is 1.13 bits per heavy atom. The SMILES string of the molecule is CCCCN1C(=O)c2cccc(Cl)c2C1C1c2c(Cl)cccc2C(=O)N1CCCC. The first-order valence-corrected chi connectivity index (χ1v) is 11.5. The van der Waals surface area contributed by atoms with Crippen LogP contribution in [0.2, 0.25) is 10.0 Å². The molecule has 2 heterocycles. The highest BCUT2D eigenvalue weighted by atomic mass is 35.5. The third kappa shape index (κ3) is 3.30. The van der Waals surface area contributed by atoms with Crippen LogP contribution >= 0.6 is 23.2 Å². The van der Waals surface area contributed by atoms with E-state index in [1.165, 1.54) is 0 Å². The Labute approximate surface area is 187 Å². The third-order valence-corrected chi connectivity index (χ3v) is 6.81. The van der Waals surface area contributed by atoms with Crippen LogP contribution < -0.4 is 0 Å². The fraction of sp³-hybridized carbons (Fsp3) is 0.417. The van der Waals surface area contributed by atoms with E-state index < -0.39 is 0 Å². The van der Waals surface area contributed by atoms with Crippen LogP contribution in [0.3, 0.4) is 0 Å². The molecule has 4 rings (SSSR count). The van der Waals surface area contributed by atoms with Crippen LogP contribution in [0.15, 0.2) is 36.4 Å². The van der Waals surface area contributed by atoms with E-state index in [0.29, 0.717) is 34.3 Å². The molecule has 2 aromatic rings. The van der Waals surface area contributed by atoms with E-state index in [-0.39, 0.29) is 23.9 Å². The number of halogens is 2. The first-order chi connectivity index (χ1) is 14.5. The van der Waals surface area contributed by atoms with Crippen molar-refractivity contribution in [3.8, 4) is 0 Å². The lowest BCUT2D eigenvalue weighted by Gasteiger charge is -2.36. The third-order valence-electron chi connectivity index (χ3n) is 6.16. The van der Waals surface area contributed by atoms with Gasteiger partial charge in [0.15, 0.2) is 0 Å². The standard InChI is InChI=1S/C24H26Cl2N2O2/c1-3-5-13-27-21(19-15(23(27)29)9-7-11-17(19)25)22-20-16(10-8-12-18(20)26)24(30)28(22)14-6-4-2/h7-12,21-22H,3-6,13-14H2,1-2H3. The largest absolute Gasteiger partial charge is 0.329 e. The Hall–Kier alpha value is -2.04. The maximum atomic E-state index is 13.4. The van der Waals surface area contributed by atoms with Crippen molar-refractivity contribution in [2.45, 2.75) is 51.6 Å². The van der Waals surface area contributed by atoms with E-state index in [4.69, 9.17) is 23.2 Å². The van der Waals surface area contributed by atoms with Gasteiger partial charge >= 0.3 is 0 Å². The number of hydrogen-bond donors (Lipinski definition) is 0. The summed E-state index contributed by atoms with van der Waals surface area (Å²) in [5.41, 5.74) is 2.89. The van der Waals surface area contributed by atoms with Gasteiger partial charge in [0.2, 0.25) is 0 Å². The predicted molar refractivity (Wildman–Crippen MR) is 120 cm³/mol. The highest BCUT2D eigenvalue weighted by Crippen LogP contribution is 2.52. The molecule has 0 bridgehead atoms. The Kier molecular flexibility index (Phi) is 6.08. The molecule has 0 saturated carbocycles. The van der Waals surface area contributed by atoms with Gasteiger partial charge in [-0.25, -0.2) is 0 Å². The van der Waals surface area contributed by atoms with Gasteiger partial charge in [0, 0.05) is 45.4 Å². The zero-order valence-corrected chi connectivity index (χ0v) is 18.8. The molecule has 158 valence electrons. The van der Waals surface area contributed by atoms with Gasteiger partial charge in [-0.15, -0.1) is 0 Å². The van der Waals surface area contributed by atoms with Gasteiger partial charge in [-0.05, 0) is 37.1 Å². The topological polar surface area (TPSA) is 40.6 Å². The molecule has 4 nitrogen and oxygen atoms in total. The van der Waals surface area contributed by atoms with Gasteiger partial charge in [-0.2, -0.15) is 0 Å². The lowest BCUT2D eigenvalue weighted by Crippen LogP contribution is -2.39.